The van der Waals surface area contributed by atoms with Crippen LogP contribution >= 0.6 is 11.6 Å². The maximum Gasteiger partial charge on any atom is 0.101 e. The summed E-state index contributed by atoms with van der Waals surface area (Å²) in [5.41, 5.74) is 1.74. The summed E-state index contributed by atoms with van der Waals surface area (Å²) in [4.78, 5) is 0. The van der Waals surface area contributed by atoms with Gasteiger partial charge in [0.1, 0.15) is 6.07 Å². The molecule has 0 bridgehead atoms. The minimum atomic E-state index is 0.275. The van der Waals surface area contributed by atoms with Crippen LogP contribution in [0.25, 0.3) is 0 Å². The summed E-state index contributed by atoms with van der Waals surface area (Å²) in [6, 6.07) is 7.53. The zero-order valence-corrected chi connectivity index (χ0v) is 11.6. The molecule has 0 radical (unpaired) electrons. The van der Waals surface area contributed by atoms with Gasteiger partial charge in [0.2, 0.25) is 0 Å². The van der Waals surface area contributed by atoms with E-state index in [4.69, 9.17) is 16.9 Å². The second-order valence-corrected chi connectivity index (χ2v) is 5.86. The topological polar surface area (TPSA) is 35.8 Å². The van der Waals surface area contributed by atoms with E-state index in [9.17, 15) is 0 Å². The predicted molar refractivity (Wildman–Crippen MR) is 73.3 cm³/mol. The molecule has 3 heteroatoms. The molecular formula is C14H19ClN2. The molecular weight excluding hydrogens is 232 g/mol. The average molecular weight is 251 g/mol. The lowest BCUT2D eigenvalue weighted by atomic mass is 9.82. The Labute approximate surface area is 109 Å². The first-order valence-corrected chi connectivity index (χ1v) is 6.16. The molecule has 0 fully saturated rings. The first-order valence-electron chi connectivity index (χ1n) is 5.78. The van der Waals surface area contributed by atoms with E-state index in [2.05, 4.69) is 39.1 Å². The Morgan fingerprint density at radius 2 is 2.06 bits per heavy atom. The van der Waals surface area contributed by atoms with Gasteiger partial charge in [-0.15, -0.1) is 0 Å². The molecule has 0 amide bonds. The maximum absolute atomic E-state index is 8.89. The second kappa shape index (κ2) is 5.42. The Bertz CT molecular complexity index is 427. The van der Waals surface area contributed by atoms with Crippen LogP contribution in [0.2, 0.25) is 5.02 Å². The molecule has 0 aromatic heterocycles. The molecule has 1 unspecified atom stereocenters. The van der Waals surface area contributed by atoms with Crippen molar-refractivity contribution < 1.29 is 0 Å². The Balaban J connectivity index is 2.68. The zero-order chi connectivity index (χ0) is 13.1. The summed E-state index contributed by atoms with van der Waals surface area (Å²) in [5.74, 6) is 0.545. The highest BCUT2D eigenvalue weighted by Crippen LogP contribution is 2.26. The van der Waals surface area contributed by atoms with E-state index in [0.29, 0.717) is 16.5 Å². The van der Waals surface area contributed by atoms with Crippen LogP contribution in [0, 0.1) is 22.7 Å². The van der Waals surface area contributed by atoms with Crippen molar-refractivity contribution in [2.75, 3.05) is 11.9 Å². The first kappa shape index (κ1) is 13.9. The molecule has 1 aromatic rings. The number of rotatable bonds is 3. The lowest BCUT2D eigenvalue weighted by Crippen LogP contribution is -2.24. The van der Waals surface area contributed by atoms with Crippen LogP contribution < -0.4 is 5.32 Å². The van der Waals surface area contributed by atoms with Gasteiger partial charge in [0.25, 0.3) is 0 Å². The fourth-order valence-corrected chi connectivity index (χ4v) is 1.46. The van der Waals surface area contributed by atoms with E-state index < -0.39 is 0 Å². The lowest BCUT2D eigenvalue weighted by Gasteiger charge is -2.27. The van der Waals surface area contributed by atoms with Gasteiger partial charge in [0.15, 0.2) is 0 Å². The van der Waals surface area contributed by atoms with Gasteiger partial charge >= 0.3 is 0 Å². The van der Waals surface area contributed by atoms with E-state index in [-0.39, 0.29) is 5.41 Å². The van der Waals surface area contributed by atoms with Crippen molar-refractivity contribution in [3.05, 3.63) is 28.8 Å². The summed E-state index contributed by atoms with van der Waals surface area (Å²) in [6.07, 6.45) is 0. The summed E-state index contributed by atoms with van der Waals surface area (Å²) < 4.78 is 0. The van der Waals surface area contributed by atoms with Gasteiger partial charge in [0.05, 0.1) is 10.6 Å². The molecule has 1 aromatic carbocycles. The highest BCUT2D eigenvalue weighted by Gasteiger charge is 2.19. The maximum atomic E-state index is 8.89. The molecule has 0 heterocycles. The molecule has 1 rings (SSSR count). The minimum absolute atomic E-state index is 0.275. The monoisotopic (exact) mass is 250 g/mol. The minimum Gasteiger partial charge on any atom is -0.385 e. The van der Waals surface area contributed by atoms with Gasteiger partial charge in [0, 0.05) is 12.2 Å². The first-order chi connectivity index (χ1) is 7.84. The average Bonchev–Trinajstić information content (AvgIpc) is 2.26. The van der Waals surface area contributed by atoms with Gasteiger partial charge in [-0.2, -0.15) is 5.26 Å². The molecule has 0 aliphatic carbocycles. The van der Waals surface area contributed by atoms with Gasteiger partial charge < -0.3 is 5.32 Å². The van der Waals surface area contributed by atoms with E-state index in [1.54, 1.807) is 12.1 Å². The predicted octanol–water partition coefficient (Wildman–Crippen LogP) is 4.31. The Hall–Kier alpha value is -1.20. The molecule has 2 nitrogen and oxygen atoms in total. The number of halogens is 1. The van der Waals surface area contributed by atoms with Crippen molar-refractivity contribution in [1.29, 1.82) is 5.26 Å². The van der Waals surface area contributed by atoms with Crippen molar-refractivity contribution >= 4 is 17.3 Å². The molecule has 17 heavy (non-hydrogen) atoms. The van der Waals surface area contributed by atoms with E-state index in [1.165, 1.54) is 0 Å². The Morgan fingerprint density at radius 1 is 1.41 bits per heavy atom. The molecule has 0 saturated carbocycles. The second-order valence-electron chi connectivity index (χ2n) is 5.45. The molecule has 0 aliphatic heterocycles. The smallest absolute Gasteiger partial charge is 0.101 e. The molecule has 0 aliphatic rings. The highest BCUT2D eigenvalue weighted by atomic mass is 35.5. The van der Waals surface area contributed by atoms with E-state index in [1.807, 2.05) is 6.07 Å². The fraction of sp³-hybridized carbons (Fsp3) is 0.500. The summed E-state index contributed by atoms with van der Waals surface area (Å²) >= 11 is 5.88. The standard InChI is InChI=1S/C14H19ClN2/c1-10(14(2,3)4)9-17-12-5-6-13(15)11(7-12)8-16/h5-7,10,17H,9H2,1-4H3. The number of nitriles is 1. The van der Waals surface area contributed by atoms with Crippen LogP contribution in [0.15, 0.2) is 18.2 Å². The van der Waals surface area contributed by atoms with Crippen LogP contribution in [0.5, 0.6) is 0 Å². The molecule has 1 N–H and O–H groups in total. The van der Waals surface area contributed by atoms with Crippen molar-refractivity contribution in [1.82, 2.24) is 0 Å². The number of hydrogen-bond donors (Lipinski definition) is 1. The molecule has 92 valence electrons. The summed E-state index contributed by atoms with van der Waals surface area (Å²) in [6.45, 7) is 9.77. The number of nitrogens with zero attached hydrogens (tertiary/aromatic N) is 1. The van der Waals surface area contributed by atoms with E-state index >= 15 is 0 Å². The lowest BCUT2D eigenvalue weighted by molar-refractivity contribution is 0.274. The summed E-state index contributed by atoms with van der Waals surface area (Å²) in [5, 5.41) is 12.7. The third-order valence-corrected chi connectivity index (χ3v) is 3.51. The third kappa shape index (κ3) is 3.94. The van der Waals surface area contributed by atoms with Gasteiger partial charge in [-0.3, -0.25) is 0 Å². The molecule has 0 spiro atoms. The largest absolute Gasteiger partial charge is 0.385 e. The SMILES string of the molecule is CC(CNc1ccc(Cl)c(C#N)c1)C(C)(C)C. The summed E-state index contributed by atoms with van der Waals surface area (Å²) in [7, 11) is 0. The molecule has 0 saturated heterocycles. The van der Waals surface area contributed by atoms with Crippen molar-refractivity contribution in [3.63, 3.8) is 0 Å². The van der Waals surface area contributed by atoms with Gasteiger partial charge in [-0.1, -0.05) is 39.3 Å². The van der Waals surface area contributed by atoms with Gasteiger partial charge in [-0.25, -0.2) is 0 Å². The Kier molecular flexibility index (Phi) is 4.42. The van der Waals surface area contributed by atoms with Crippen molar-refractivity contribution in [2.45, 2.75) is 27.7 Å². The van der Waals surface area contributed by atoms with E-state index in [0.717, 1.165) is 12.2 Å². The van der Waals surface area contributed by atoms with Crippen LogP contribution in [-0.4, -0.2) is 6.54 Å². The fourth-order valence-electron chi connectivity index (χ4n) is 1.30. The third-order valence-electron chi connectivity index (χ3n) is 3.18. The number of nitrogens with one attached hydrogen (secondary N) is 1. The van der Waals surface area contributed by atoms with Crippen molar-refractivity contribution in [2.24, 2.45) is 11.3 Å². The normalized spacial score (nSPS) is 12.9. The van der Waals surface area contributed by atoms with Crippen LogP contribution in [0.4, 0.5) is 5.69 Å². The van der Waals surface area contributed by atoms with Crippen LogP contribution in [0.1, 0.15) is 33.3 Å². The van der Waals surface area contributed by atoms with Crippen LogP contribution in [0.3, 0.4) is 0 Å². The number of anilines is 1. The molecule has 1 atom stereocenters. The van der Waals surface area contributed by atoms with Gasteiger partial charge in [-0.05, 0) is 29.5 Å². The zero-order valence-electron chi connectivity index (χ0n) is 10.8. The highest BCUT2D eigenvalue weighted by molar-refractivity contribution is 6.31. The number of hydrogen-bond acceptors (Lipinski definition) is 2. The quantitative estimate of drug-likeness (QED) is 0.868. The number of benzene rings is 1. The Morgan fingerprint density at radius 3 is 2.59 bits per heavy atom. The van der Waals surface area contributed by atoms with Crippen molar-refractivity contribution in [3.8, 4) is 6.07 Å². The van der Waals surface area contributed by atoms with Crippen LogP contribution in [-0.2, 0) is 0 Å².